The van der Waals surface area contributed by atoms with Crippen LogP contribution < -0.4 is 0 Å². The Morgan fingerprint density at radius 2 is 2.27 bits per heavy atom. The molecule has 0 saturated carbocycles. The lowest BCUT2D eigenvalue weighted by atomic mass is 9.98. The molecule has 2 aliphatic heterocycles. The Kier molecular flexibility index (Phi) is 2.50. The molecule has 4 heteroatoms. The highest BCUT2D eigenvalue weighted by molar-refractivity contribution is 5.75. The molecule has 4 nitrogen and oxygen atoms in total. The zero-order chi connectivity index (χ0) is 11.0. The Labute approximate surface area is 88.6 Å². The first kappa shape index (κ1) is 10.2. The van der Waals surface area contributed by atoms with Crippen LogP contribution in [0.4, 0.5) is 0 Å². The van der Waals surface area contributed by atoms with E-state index in [4.69, 9.17) is 5.11 Å². The van der Waals surface area contributed by atoms with Crippen LogP contribution in [0.2, 0.25) is 0 Å². The van der Waals surface area contributed by atoms with Crippen molar-refractivity contribution in [1.82, 2.24) is 4.90 Å². The summed E-state index contributed by atoms with van der Waals surface area (Å²) in [7, 11) is 0. The molecule has 1 fully saturated rings. The third kappa shape index (κ3) is 1.89. The van der Waals surface area contributed by atoms with Crippen molar-refractivity contribution in [3.63, 3.8) is 0 Å². The number of hydrogen-bond acceptors (Lipinski definition) is 2. The maximum atomic E-state index is 11.4. The normalized spacial score (nSPS) is 28.9. The number of carboxylic acids is 1. The van der Waals surface area contributed by atoms with Crippen LogP contribution in [0.5, 0.6) is 0 Å². The van der Waals surface area contributed by atoms with Crippen LogP contribution in [0.15, 0.2) is 11.6 Å². The average Bonchev–Trinajstić information content (AvgIpc) is 2.38. The van der Waals surface area contributed by atoms with E-state index >= 15 is 0 Å². The van der Waals surface area contributed by atoms with Gasteiger partial charge in [-0.1, -0.05) is 11.6 Å². The van der Waals surface area contributed by atoms with Gasteiger partial charge in [0.25, 0.3) is 0 Å². The zero-order valence-corrected chi connectivity index (χ0v) is 8.77. The van der Waals surface area contributed by atoms with Gasteiger partial charge < -0.3 is 10.0 Å². The standard InChI is InChI=1S/C11H15NO3/c1-7(13)12-9-2-3-10(12)5-8(4-9)6-11(14)15/h4,9-10H,2-3,5-6H2,1H3,(H,14,15). The predicted octanol–water partition coefficient (Wildman–Crippen LogP) is 1.17. The van der Waals surface area contributed by atoms with E-state index in [-0.39, 0.29) is 24.4 Å². The van der Waals surface area contributed by atoms with Crippen molar-refractivity contribution in [3.05, 3.63) is 11.6 Å². The molecule has 15 heavy (non-hydrogen) atoms. The van der Waals surface area contributed by atoms with Gasteiger partial charge in [0, 0.05) is 13.0 Å². The minimum absolute atomic E-state index is 0.105. The van der Waals surface area contributed by atoms with E-state index < -0.39 is 5.97 Å². The van der Waals surface area contributed by atoms with Gasteiger partial charge in [-0.15, -0.1) is 0 Å². The SMILES string of the molecule is CC(=O)N1C2C=C(CC(=O)O)CC1CC2. The molecule has 82 valence electrons. The Balaban J connectivity index is 2.14. The Hall–Kier alpha value is -1.32. The molecule has 1 saturated heterocycles. The molecule has 2 atom stereocenters. The van der Waals surface area contributed by atoms with E-state index in [2.05, 4.69) is 0 Å². The highest BCUT2D eigenvalue weighted by Gasteiger charge is 2.37. The number of rotatable bonds is 2. The molecule has 0 spiro atoms. The smallest absolute Gasteiger partial charge is 0.307 e. The van der Waals surface area contributed by atoms with Crippen molar-refractivity contribution in [2.45, 2.75) is 44.7 Å². The summed E-state index contributed by atoms with van der Waals surface area (Å²) in [5.74, 6) is -0.676. The summed E-state index contributed by atoms with van der Waals surface area (Å²) in [5, 5.41) is 8.71. The van der Waals surface area contributed by atoms with Gasteiger partial charge in [0.05, 0.1) is 12.5 Å². The molecule has 2 rings (SSSR count). The maximum absolute atomic E-state index is 11.4. The molecule has 2 heterocycles. The van der Waals surface area contributed by atoms with Crippen molar-refractivity contribution in [2.75, 3.05) is 0 Å². The number of aliphatic carboxylic acids is 1. The summed E-state index contributed by atoms with van der Waals surface area (Å²) in [6.45, 7) is 1.58. The highest BCUT2D eigenvalue weighted by Crippen LogP contribution is 2.35. The minimum Gasteiger partial charge on any atom is -0.481 e. The van der Waals surface area contributed by atoms with E-state index in [1.165, 1.54) is 0 Å². The molecule has 2 unspecified atom stereocenters. The molecule has 0 aromatic heterocycles. The van der Waals surface area contributed by atoms with Crippen molar-refractivity contribution in [3.8, 4) is 0 Å². The van der Waals surface area contributed by atoms with E-state index in [1.807, 2.05) is 11.0 Å². The van der Waals surface area contributed by atoms with Crippen LogP contribution >= 0.6 is 0 Å². The van der Waals surface area contributed by atoms with E-state index in [1.54, 1.807) is 6.92 Å². The molecular weight excluding hydrogens is 194 g/mol. The number of carbonyl (C=O) groups is 2. The summed E-state index contributed by atoms with van der Waals surface area (Å²) in [6.07, 6.45) is 4.82. The van der Waals surface area contributed by atoms with Crippen LogP contribution in [0.25, 0.3) is 0 Å². The number of nitrogens with zero attached hydrogens (tertiary/aromatic N) is 1. The first-order valence-corrected chi connectivity index (χ1v) is 5.28. The summed E-state index contributed by atoms with van der Waals surface area (Å²) >= 11 is 0. The van der Waals surface area contributed by atoms with Crippen molar-refractivity contribution in [2.24, 2.45) is 0 Å². The van der Waals surface area contributed by atoms with Crippen LogP contribution in [0.3, 0.4) is 0 Å². The van der Waals surface area contributed by atoms with E-state index in [0.29, 0.717) is 0 Å². The third-order valence-corrected chi connectivity index (χ3v) is 3.21. The van der Waals surface area contributed by atoms with Gasteiger partial charge in [-0.2, -0.15) is 0 Å². The second-order valence-electron chi connectivity index (χ2n) is 4.32. The van der Waals surface area contributed by atoms with Gasteiger partial charge in [0.1, 0.15) is 0 Å². The average molecular weight is 209 g/mol. The maximum Gasteiger partial charge on any atom is 0.307 e. The highest BCUT2D eigenvalue weighted by atomic mass is 16.4. The van der Waals surface area contributed by atoms with E-state index in [0.717, 1.165) is 24.8 Å². The molecule has 0 radical (unpaired) electrons. The van der Waals surface area contributed by atoms with Gasteiger partial charge in [-0.25, -0.2) is 0 Å². The van der Waals surface area contributed by atoms with Crippen molar-refractivity contribution < 1.29 is 14.7 Å². The first-order chi connectivity index (χ1) is 7.08. The fourth-order valence-corrected chi connectivity index (χ4v) is 2.73. The number of carbonyl (C=O) groups excluding carboxylic acids is 1. The fraction of sp³-hybridized carbons (Fsp3) is 0.636. The lowest BCUT2D eigenvalue weighted by Crippen LogP contribution is -2.41. The van der Waals surface area contributed by atoms with Crippen LogP contribution in [-0.2, 0) is 9.59 Å². The first-order valence-electron chi connectivity index (χ1n) is 5.28. The number of hydrogen-bond donors (Lipinski definition) is 1. The molecule has 0 aliphatic carbocycles. The second kappa shape index (κ2) is 3.68. The molecule has 2 aliphatic rings. The lowest BCUT2D eigenvalue weighted by molar-refractivity contribution is -0.136. The van der Waals surface area contributed by atoms with Gasteiger partial charge >= 0.3 is 5.97 Å². The van der Waals surface area contributed by atoms with Gasteiger partial charge in [-0.3, -0.25) is 9.59 Å². The van der Waals surface area contributed by atoms with Crippen LogP contribution in [0, 0.1) is 0 Å². The van der Waals surface area contributed by atoms with Crippen LogP contribution in [0.1, 0.15) is 32.6 Å². The number of carboxylic acid groups (broad SMARTS) is 1. The fourth-order valence-electron chi connectivity index (χ4n) is 2.73. The summed E-state index contributed by atoms with van der Waals surface area (Å²) in [5.41, 5.74) is 0.979. The Morgan fingerprint density at radius 3 is 2.80 bits per heavy atom. The topological polar surface area (TPSA) is 57.6 Å². The third-order valence-electron chi connectivity index (χ3n) is 3.21. The zero-order valence-electron chi connectivity index (χ0n) is 8.77. The summed E-state index contributed by atoms with van der Waals surface area (Å²) < 4.78 is 0. The molecule has 1 N–H and O–H groups in total. The molecule has 1 amide bonds. The molecular formula is C11H15NO3. The number of fused-ring (bicyclic) bond motifs is 2. The number of amides is 1. The quantitative estimate of drug-likeness (QED) is 0.694. The predicted molar refractivity (Wildman–Crippen MR) is 54.3 cm³/mol. The second-order valence-corrected chi connectivity index (χ2v) is 4.32. The monoisotopic (exact) mass is 209 g/mol. The Morgan fingerprint density at radius 1 is 1.53 bits per heavy atom. The molecule has 2 bridgehead atoms. The lowest BCUT2D eigenvalue weighted by Gasteiger charge is -2.32. The van der Waals surface area contributed by atoms with Gasteiger partial charge in [0.2, 0.25) is 5.91 Å². The summed E-state index contributed by atoms with van der Waals surface area (Å²) in [6, 6.07) is 0.391. The van der Waals surface area contributed by atoms with Crippen molar-refractivity contribution >= 4 is 11.9 Å². The van der Waals surface area contributed by atoms with E-state index in [9.17, 15) is 9.59 Å². The molecule has 0 aromatic rings. The minimum atomic E-state index is -0.781. The van der Waals surface area contributed by atoms with Gasteiger partial charge in [0.15, 0.2) is 0 Å². The van der Waals surface area contributed by atoms with Crippen molar-refractivity contribution in [1.29, 1.82) is 0 Å². The largest absolute Gasteiger partial charge is 0.481 e. The van der Waals surface area contributed by atoms with Gasteiger partial charge in [-0.05, 0) is 19.3 Å². The Bertz CT molecular complexity index is 335. The summed E-state index contributed by atoms with van der Waals surface area (Å²) in [4.78, 5) is 23.9. The van der Waals surface area contributed by atoms with Crippen LogP contribution in [-0.4, -0.2) is 34.0 Å². The molecule has 0 aromatic carbocycles.